The Kier molecular flexibility index (Phi) is 7.15. The van der Waals surface area contributed by atoms with Gasteiger partial charge in [-0.15, -0.1) is 0 Å². The number of thioether (sulfide) groups is 1. The number of amides is 2. The van der Waals surface area contributed by atoms with E-state index in [1.54, 1.807) is 4.90 Å². The van der Waals surface area contributed by atoms with E-state index in [1.807, 2.05) is 64.1 Å². The highest BCUT2D eigenvalue weighted by molar-refractivity contribution is 8.15. The van der Waals surface area contributed by atoms with Gasteiger partial charge in [-0.05, 0) is 75.2 Å². The quantitative estimate of drug-likeness (QED) is 0.699. The molecule has 2 aromatic rings. The number of benzene rings is 2. The second-order valence-electron chi connectivity index (χ2n) is 7.14. The van der Waals surface area contributed by atoms with Gasteiger partial charge < -0.3 is 10.1 Å². The molecule has 0 spiro atoms. The number of carbonyl (C=O) groups is 2. The minimum atomic E-state index is -0.475. The molecular formula is C23H27N3O3S. The Hall–Kier alpha value is -2.80. The summed E-state index contributed by atoms with van der Waals surface area (Å²) in [6.07, 6.45) is 0.106. The minimum Gasteiger partial charge on any atom is -0.494 e. The molecule has 6 nitrogen and oxygen atoms in total. The number of rotatable bonds is 7. The highest BCUT2D eigenvalue weighted by atomic mass is 32.2. The Labute approximate surface area is 181 Å². The molecule has 1 N–H and O–H groups in total. The maximum atomic E-state index is 12.8. The van der Waals surface area contributed by atoms with Crippen LogP contribution in [0.2, 0.25) is 0 Å². The van der Waals surface area contributed by atoms with Crippen LogP contribution in [0.4, 0.5) is 11.4 Å². The Bertz CT molecular complexity index is 936. The van der Waals surface area contributed by atoms with Gasteiger partial charge in [-0.3, -0.25) is 14.5 Å². The summed E-state index contributed by atoms with van der Waals surface area (Å²) >= 11 is 1.34. The number of nitrogens with one attached hydrogen (secondary N) is 1. The van der Waals surface area contributed by atoms with Crippen molar-refractivity contribution in [2.24, 2.45) is 4.99 Å². The predicted octanol–water partition coefficient (Wildman–Crippen LogP) is 4.68. The van der Waals surface area contributed by atoms with Crippen LogP contribution in [0.25, 0.3) is 0 Å². The molecule has 2 amide bonds. The number of ether oxygens (including phenoxy) is 1. The Balaban J connectivity index is 1.69. The van der Waals surface area contributed by atoms with Crippen molar-refractivity contribution in [3.63, 3.8) is 0 Å². The van der Waals surface area contributed by atoms with Crippen LogP contribution in [0.3, 0.4) is 0 Å². The van der Waals surface area contributed by atoms with Crippen LogP contribution in [-0.4, -0.2) is 40.3 Å². The first-order valence-electron chi connectivity index (χ1n) is 10.1. The van der Waals surface area contributed by atoms with Gasteiger partial charge in [-0.1, -0.05) is 17.8 Å². The Morgan fingerprint density at radius 1 is 1.13 bits per heavy atom. The second kappa shape index (κ2) is 9.80. The molecule has 1 fully saturated rings. The van der Waals surface area contributed by atoms with Crippen LogP contribution in [0, 0.1) is 13.8 Å². The number of aryl methyl sites for hydroxylation is 2. The topological polar surface area (TPSA) is 71.0 Å². The van der Waals surface area contributed by atoms with Crippen molar-refractivity contribution in [3.8, 4) is 5.75 Å². The number of carbonyl (C=O) groups excluding carboxylic acids is 2. The normalized spacial score (nSPS) is 17.5. The van der Waals surface area contributed by atoms with Crippen molar-refractivity contribution in [3.05, 3.63) is 53.6 Å². The number of anilines is 1. The van der Waals surface area contributed by atoms with Gasteiger partial charge in [0.05, 0.1) is 12.3 Å². The van der Waals surface area contributed by atoms with Crippen molar-refractivity contribution < 1.29 is 14.3 Å². The second-order valence-corrected chi connectivity index (χ2v) is 8.31. The third-order valence-corrected chi connectivity index (χ3v) is 5.76. The molecule has 30 heavy (non-hydrogen) atoms. The monoisotopic (exact) mass is 425 g/mol. The van der Waals surface area contributed by atoms with Crippen LogP contribution in [-0.2, 0) is 9.59 Å². The smallest absolute Gasteiger partial charge is 0.242 e. The lowest BCUT2D eigenvalue weighted by Gasteiger charge is -2.13. The Morgan fingerprint density at radius 3 is 2.40 bits per heavy atom. The molecule has 7 heteroatoms. The summed E-state index contributed by atoms with van der Waals surface area (Å²) in [5.74, 6) is 0.525. The van der Waals surface area contributed by atoms with Crippen LogP contribution in [0.15, 0.2) is 47.5 Å². The van der Waals surface area contributed by atoms with Crippen LogP contribution in [0.5, 0.6) is 5.75 Å². The SMILES string of the molecule is CCOc1ccc(N=C2SC(CC(=O)Nc3cc(C)cc(C)c3)C(=O)N2CC)cc1. The molecule has 1 atom stereocenters. The van der Waals surface area contributed by atoms with E-state index in [0.29, 0.717) is 18.3 Å². The molecule has 0 aromatic heterocycles. The molecule has 0 aliphatic carbocycles. The van der Waals surface area contributed by atoms with Crippen molar-refractivity contribution >= 4 is 40.1 Å². The van der Waals surface area contributed by atoms with Gasteiger partial charge in [-0.2, -0.15) is 0 Å². The van der Waals surface area contributed by atoms with Crippen LogP contribution < -0.4 is 10.1 Å². The first-order chi connectivity index (χ1) is 14.4. The average molecular weight is 426 g/mol. The van der Waals surface area contributed by atoms with Gasteiger partial charge in [0.2, 0.25) is 11.8 Å². The molecule has 2 aromatic carbocycles. The molecule has 1 saturated heterocycles. The first kappa shape index (κ1) is 21.9. The molecular weight excluding hydrogens is 398 g/mol. The van der Waals surface area contributed by atoms with Gasteiger partial charge in [0.15, 0.2) is 5.17 Å². The number of nitrogens with zero attached hydrogens (tertiary/aromatic N) is 2. The van der Waals surface area contributed by atoms with E-state index >= 15 is 0 Å². The molecule has 1 aliphatic heterocycles. The Morgan fingerprint density at radius 2 is 1.80 bits per heavy atom. The lowest BCUT2D eigenvalue weighted by Crippen LogP contribution is -2.33. The molecule has 158 valence electrons. The molecule has 1 heterocycles. The van der Waals surface area contributed by atoms with E-state index in [4.69, 9.17) is 4.74 Å². The molecule has 1 aliphatic rings. The molecule has 0 saturated carbocycles. The van der Waals surface area contributed by atoms with Gasteiger partial charge in [0.1, 0.15) is 11.0 Å². The van der Waals surface area contributed by atoms with Crippen LogP contribution in [0.1, 0.15) is 31.4 Å². The molecule has 0 radical (unpaired) electrons. The van der Waals surface area contributed by atoms with Crippen molar-refractivity contribution in [1.29, 1.82) is 0 Å². The fourth-order valence-corrected chi connectivity index (χ4v) is 4.56. The summed E-state index contributed by atoms with van der Waals surface area (Å²) < 4.78 is 5.45. The summed E-state index contributed by atoms with van der Waals surface area (Å²) in [4.78, 5) is 31.6. The highest BCUT2D eigenvalue weighted by Crippen LogP contribution is 2.32. The lowest BCUT2D eigenvalue weighted by atomic mass is 10.1. The van der Waals surface area contributed by atoms with Crippen molar-refractivity contribution in [2.45, 2.75) is 39.4 Å². The summed E-state index contributed by atoms with van der Waals surface area (Å²) in [7, 11) is 0. The van der Waals surface area contributed by atoms with E-state index in [-0.39, 0.29) is 18.2 Å². The largest absolute Gasteiger partial charge is 0.494 e. The zero-order valence-corrected chi connectivity index (χ0v) is 18.6. The average Bonchev–Trinajstić information content (AvgIpc) is 2.96. The molecule has 3 rings (SSSR count). The maximum absolute atomic E-state index is 12.8. The standard InChI is InChI=1S/C23H27N3O3S/c1-5-26-22(28)20(14-21(27)24-18-12-15(3)11-16(4)13-18)30-23(26)25-17-7-9-19(10-8-17)29-6-2/h7-13,20H,5-6,14H2,1-4H3,(H,24,27). The highest BCUT2D eigenvalue weighted by Gasteiger charge is 2.38. The van der Waals surface area contributed by atoms with E-state index < -0.39 is 5.25 Å². The lowest BCUT2D eigenvalue weighted by molar-refractivity contribution is -0.128. The van der Waals surface area contributed by atoms with Gasteiger partial charge >= 0.3 is 0 Å². The number of aliphatic imine (C=N–C) groups is 1. The maximum Gasteiger partial charge on any atom is 0.242 e. The number of hydrogen-bond acceptors (Lipinski definition) is 5. The third-order valence-electron chi connectivity index (χ3n) is 4.58. The van der Waals surface area contributed by atoms with Crippen molar-refractivity contribution in [2.75, 3.05) is 18.5 Å². The van der Waals surface area contributed by atoms with E-state index in [0.717, 1.165) is 28.3 Å². The van der Waals surface area contributed by atoms with Gasteiger partial charge in [0.25, 0.3) is 0 Å². The van der Waals surface area contributed by atoms with Gasteiger partial charge in [-0.25, -0.2) is 4.99 Å². The zero-order valence-electron chi connectivity index (χ0n) is 17.8. The summed E-state index contributed by atoms with van der Waals surface area (Å²) in [5, 5.41) is 3.06. The minimum absolute atomic E-state index is 0.0808. The third kappa shape index (κ3) is 5.42. The molecule has 1 unspecified atom stereocenters. The van der Waals surface area contributed by atoms with Crippen molar-refractivity contribution in [1.82, 2.24) is 4.90 Å². The molecule has 0 bridgehead atoms. The summed E-state index contributed by atoms with van der Waals surface area (Å²) in [6.45, 7) is 8.93. The summed E-state index contributed by atoms with van der Waals surface area (Å²) in [5.41, 5.74) is 3.66. The fourth-order valence-electron chi connectivity index (χ4n) is 3.34. The zero-order chi connectivity index (χ0) is 21.7. The first-order valence-corrected chi connectivity index (χ1v) is 10.9. The van der Waals surface area contributed by atoms with Gasteiger partial charge in [0, 0.05) is 18.7 Å². The fraction of sp³-hybridized carbons (Fsp3) is 0.348. The number of amidine groups is 1. The van der Waals surface area contributed by atoms with E-state index in [1.165, 1.54) is 11.8 Å². The van der Waals surface area contributed by atoms with Crippen LogP contribution >= 0.6 is 11.8 Å². The number of hydrogen-bond donors (Lipinski definition) is 1. The predicted molar refractivity (Wildman–Crippen MR) is 123 cm³/mol. The van der Waals surface area contributed by atoms with E-state index in [2.05, 4.69) is 16.4 Å². The van der Waals surface area contributed by atoms with E-state index in [9.17, 15) is 9.59 Å². The summed E-state index contributed by atoms with van der Waals surface area (Å²) in [6, 6.07) is 13.3.